The van der Waals surface area contributed by atoms with E-state index in [1.165, 1.54) is 12.8 Å². The molecule has 1 aliphatic rings. The summed E-state index contributed by atoms with van der Waals surface area (Å²) in [5.74, 6) is 1.35. The first-order valence-electron chi connectivity index (χ1n) is 5.54. The maximum Gasteiger partial charge on any atom is 0.251 e. The van der Waals surface area contributed by atoms with Crippen LogP contribution in [0, 0.1) is 0 Å². The third-order valence-electron chi connectivity index (χ3n) is 2.91. The molecule has 0 unspecified atom stereocenters. The summed E-state index contributed by atoms with van der Waals surface area (Å²) in [5, 5.41) is 3.01. The summed E-state index contributed by atoms with van der Waals surface area (Å²) in [4.78, 5) is 18.8. The highest BCUT2D eigenvalue weighted by molar-refractivity contribution is 5.07. The second-order valence-electron chi connectivity index (χ2n) is 4.13. The molecule has 0 radical (unpaired) electrons. The Labute approximate surface area is 89.1 Å². The first-order valence-corrected chi connectivity index (χ1v) is 5.54. The van der Waals surface area contributed by atoms with Crippen molar-refractivity contribution in [2.75, 3.05) is 7.05 Å². The van der Waals surface area contributed by atoms with Crippen molar-refractivity contribution in [1.82, 2.24) is 15.3 Å². The fourth-order valence-electron chi connectivity index (χ4n) is 2.19. The van der Waals surface area contributed by atoms with E-state index in [4.69, 9.17) is 0 Å². The Kier molecular flexibility index (Phi) is 3.16. The van der Waals surface area contributed by atoms with Crippen molar-refractivity contribution < 1.29 is 0 Å². The standard InChI is InChI=1S/C11H17N3O/c1-12-7-9-6-10(15)14-11(13-9)8-4-2-3-5-8/h6,8,12H,2-5,7H2,1H3,(H,13,14,15). The van der Waals surface area contributed by atoms with Gasteiger partial charge in [-0.25, -0.2) is 4.98 Å². The molecule has 2 N–H and O–H groups in total. The van der Waals surface area contributed by atoms with Crippen LogP contribution < -0.4 is 10.9 Å². The van der Waals surface area contributed by atoms with E-state index in [0.29, 0.717) is 12.5 Å². The summed E-state index contributed by atoms with van der Waals surface area (Å²) in [5.41, 5.74) is 0.806. The average Bonchev–Trinajstić information content (AvgIpc) is 2.70. The van der Waals surface area contributed by atoms with Crippen molar-refractivity contribution in [3.05, 3.63) is 27.9 Å². The van der Waals surface area contributed by atoms with Gasteiger partial charge in [0.25, 0.3) is 5.56 Å². The summed E-state index contributed by atoms with van der Waals surface area (Å²) >= 11 is 0. The molecule has 4 nitrogen and oxygen atoms in total. The van der Waals surface area contributed by atoms with Gasteiger partial charge < -0.3 is 10.3 Å². The predicted octanol–water partition coefficient (Wildman–Crippen LogP) is 1.15. The van der Waals surface area contributed by atoms with Crippen LogP contribution >= 0.6 is 0 Å². The van der Waals surface area contributed by atoms with Crippen LogP contribution in [0.15, 0.2) is 10.9 Å². The number of H-pyrrole nitrogens is 1. The van der Waals surface area contributed by atoms with Gasteiger partial charge in [0.2, 0.25) is 0 Å². The van der Waals surface area contributed by atoms with Crippen LogP contribution in [0.3, 0.4) is 0 Å². The van der Waals surface area contributed by atoms with E-state index in [2.05, 4.69) is 15.3 Å². The summed E-state index contributed by atoms with van der Waals surface area (Å²) in [6.45, 7) is 0.656. The Balaban J connectivity index is 2.26. The van der Waals surface area contributed by atoms with Crippen molar-refractivity contribution in [1.29, 1.82) is 0 Å². The Morgan fingerprint density at radius 3 is 2.93 bits per heavy atom. The highest BCUT2D eigenvalue weighted by Crippen LogP contribution is 2.31. The highest BCUT2D eigenvalue weighted by atomic mass is 16.1. The number of hydrogen-bond donors (Lipinski definition) is 2. The Morgan fingerprint density at radius 1 is 1.53 bits per heavy atom. The van der Waals surface area contributed by atoms with E-state index in [-0.39, 0.29) is 5.56 Å². The zero-order valence-electron chi connectivity index (χ0n) is 9.05. The summed E-state index contributed by atoms with van der Waals surface area (Å²) < 4.78 is 0. The maximum atomic E-state index is 11.4. The van der Waals surface area contributed by atoms with Gasteiger partial charge in [0, 0.05) is 18.5 Å². The van der Waals surface area contributed by atoms with Gasteiger partial charge in [0.05, 0.1) is 5.69 Å². The number of aromatic nitrogens is 2. The predicted molar refractivity (Wildman–Crippen MR) is 58.8 cm³/mol. The Bertz CT molecular complexity index is 380. The molecule has 0 aromatic carbocycles. The van der Waals surface area contributed by atoms with E-state index >= 15 is 0 Å². The Morgan fingerprint density at radius 2 is 2.27 bits per heavy atom. The smallest absolute Gasteiger partial charge is 0.251 e. The van der Waals surface area contributed by atoms with Gasteiger partial charge in [0.15, 0.2) is 0 Å². The minimum atomic E-state index is -0.0304. The lowest BCUT2D eigenvalue weighted by Gasteiger charge is -2.09. The van der Waals surface area contributed by atoms with Crippen molar-refractivity contribution in [2.45, 2.75) is 38.1 Å². The molecule has 1 saturated carbocycles. The number of nitrogens with zero attached hydrogens (tertiary/aromatic N) is 1. The first-order chi connectivity index (χ1) is 7.29. The lowest BCUT2D eigenvalue weighted by Crippen LogP contribution is -2.17. The second-order valence-corrected chi connectivity index (χ2v) is 4.13. The molecule has 82 valence electrons. The quantitative estimate of drug-likeness (QED) is 0.781. The van der Waals surface area contributed by atoms with E-state index in [1.54, 1.807) is 6.07 Å². The third kappa shape index (κ3) is 2.45. The van der Waals surface area contributed by atoms with Gasteiger partial charge in [-0.2, -0.15) is 0 Å². The largest absolute Gasteiger partial charge is 0.314 e. The second kappa shape index (κ2) is 4.57. The average molecular weight is 207 g/mol. The zero-order valence-corrected chi connectivity index (χ0v) is 9.05. The summed E-state index contributed by atoms with van der Waals surface area (Å²) in [6.07, 6.45) is 4.83. The van der Waals surface area contributed by atoms with E-state index in [9.17, 15) is 4.79 Å². The molecule has 0 saturated heterocycles. The summed E-state index contributed by atoms with van der Waals surface area (Å²) in [6, 6.07) is 1.56. The van der Waals surface area contributed by atoms with E-state index in [0.717, 1.165) is 24.4 Å². The molecule has 2 rings (SSSR count). The number of nitrogens with one attached hydrogen (secondary N) is 2. The molecule has 1 aromatic heterocycles. The van der Waals surface area contributed by atoms with Crippen LogP contribution in [0.2, 0.25) is 0 Å². The SMILES string of the molecule is CNCc1cc(=O)[nH]c(C2CCCC2)n1. The zero-order chi connectivity index (χ0) is 10.7. The third-order valence-corrected chi connectivity index (χ3v) is 2.91. The normalized spacial score (nSPS) is 17.1. The molecule has 4 heteroatoms. The molecular weight excluding hydrogens is 190 g/mol. The van der Waals surface area contributed by atoms with Gasteiger partial charge >= 0.3 is 0 Å². The number of aromatic amines is 1. The van der Waals surface area contributed by atoms with Gasteiger partial charge in [0.1, 0.15) is 5.82 Å². The molecule has 1 aliphatic carbocycles. The van der Waals surface area contributed by atoms with Gasteiger partial charge in [-0.3, -0.25) is 4.79 Å². The minimum Gasteiger partial charge on any atom is -0.314 e. The molecule has 15 heavy (non-hydrogen) atoms. The van der Waals surface area contributed by atoms with Gasteiger partial charge in [-0.1, -0.05) is 12.8 Å². The van der Waals surface area contributed by atoms with Gasteiger partial charge in [-0.05, 0) is 19.9 Å². The number of rotatable bonds is 3. The lowest BCUT2D eigenvalue weighted by molar-refractivity contribution is 0.649. The Hall–Kier alpha value is -1.16. The molecular formula is C11H17N3O. The van der Waals surface area contributed by atoms with Crippen LogP contribution in [0.25, 0.3) is 0 Å². The van der Waals surface area contributed by atoms with E-state index in [1.807, 2.05) is 7.05 Å². The first kappa shape index (κ1) is 10.4. The van der Waals surface area contributed by atoms with Crippen molar-refractivity contribution >= 4 is 0 Å². The fourth-order valence-corrected chi connectivity index (χ4v) is 2.19. The van der Waals surface area contributed by atoms with Crippen LogP contribution in [0.1, 0.15) is 43.1 Å². The number of hydrogen-bond acceptors (Lipinski definition) is 3. The molecule has 0 amide bonds. The fraction of sp³-hybridized carbons (Fsp3) is 0.636. The van der Waals surface area contributed by atoms with Gasteiger partial charge in [-0.15, -0.1) is 0 Å². The summed E-state index contributed by atoms with van der Waals surface area (Å²) in [7, 11) is 1.86. The molecule has 1 fully saturated rings. The lowest BCUT2D eigenvalue weighted by atomic mass is 10.1. The van der Waals surface area contributed by atoms with Crippen LogP contribution in [0.4, 0.5) is 0 Å². The molecule has 1 heterocycles. The van der Waals surface area contributed by atoms with Crippen molar-refractivity contribution in [3.63, 3.8) is 0 Å². The van der Waals surface area contributed by atoms with Crippen LogP contribution in [-0.4, -0.2) is 17.0 Å². The maximum absolute atomic E-state index is 11.4. The van der Waals surface area contributed by atoms with Crippen molar-refractivity contribution in [3.8, 4) is 0 Å². The van der Waals surface area contributed by atoms with Crippen LogP contribution in [-0.2, 0) is 6.54 Å². The molecule has 0 spiro atoms. The minimum absolute atomic E-state index is 0.0304. The highest BCUT2D eigenvalue weighted by Gasteiger charge is 2.19. The molecule has 0 aliphatic heterocycles. The molecule has 1 aromatic rings. The van der Waals surface area contributed by atoms with Crippen LogP contribution in [0.5, 0.6) is 0 Å². The monoisotopic (exact) mass is 207 g/mol. The molecule has 0 atom stereocenters. The van der Waals surface area contributed by atoms with E-state index < -0.39 is 0 Å². The molecule has 0 bridgehead atoms. The van der Waals surface area contributed by atoms with Crippen molar-refractivity contribution in [2.24, 2.45) is 0 Å². The topological polar surface area (TPSA) is 57.8 Å².